The monoisotopic (exact) mass is 255 g/mol. The smallest absolute Gasteiger partial charge is 0.416 e. The third-order valence-electron chi connectivity index (χ3n) is 2.68. The van der Waals surface area contributed by atoms with Gasteiger partial charge in [-0.25, -0.2) is 0 Å². The minimum absolute atomic E-state index is 0.264. The first-order chi connectivity index (χ1) is 8.41. The molecule has 0 aliphatic rings. The summed E-state index contributed by atoms with van der Waals surface area (Å²) in [5.41, 5.74) is 5.92. The standard InChI is InChI=1S/C13H12F3NO/c1-8-6-9(13(14,15)16)2-4-11(8)12-5-3-10(7-17)18-12/h2-6H,7,17H2,1H3. The Morgan fingerprint density at radius 1 is 1.17 bits per heavy atom. The zero-order chi connectivity index (χ0) is 13.3. The summed E-state index contributed by atoms with van der Waals surface area (Å²) in [6.45, 7) is 1.88. The highest BCUT2D eigenvalue weighted by Crippen LogP contribution is 2.33. The molecule has 0 radical (unpaired) electrons. The van der Waals surface area contributed by atoms with E-state index in [0.717, 1.165) is 12.1 Å². The maximum absolute atomic E-state index is 12.5. The van der Waals surface area contributed by atoms with Crippen LogP contribution < -0.4 is 5.73 Å². The van der Waals surface area contributed by atoms with Crippen LogP contribution in [0.25, 0.3) is 11.3 Å². The number of nitrogens with two attached hydrogens (primary N) is 1. The van der Waals surface area contributed by atoms with Gasteiger partial charge in [0.15, 0.2) is 0 Å². The molecule has 0 unspecified atom stereocenters. The maximum Gasteiger partial charge on any atom is 0.416 e. The molecule has 5 heteroatoms. The van der Waals surface area contributed by atoms with Gasteiger partial charge in [-0.05, 0) is 36.8 Å². The molecular weight excluding hydrogens is 243 g/mol. The molecule has 18 heavy (non-hydrogen) atoms. The van der Waals surface area contributed by atoms with Crippen molar-refractivity contribution in [1.29, 1.82) is 0 Å². The highest BCUT2D eigenvalue weighted by atomic mass is 19.4. The Kier molecular flexibility index (Phi) is 3.17. The first-order valence-corrected chi connectivity index (χ1v) is 5.39. The summed E-state index contributed by atoms with van der Waals surface area (Å²) >= 11 is 0. The third-order valence-corrected chi connectivity index (χ3v) is 2.68. The lowest BCUT2D eigenvalue weighted by molar-refractivity contribution is -0.137. The summed E-state index contributed by atoms with van der Waals surface area (Å²) in [6.07, 6.45) is -4.32. The molecule has 96 valence electrons. The van der Waals surface area contributed by atoms with E-state index >= 15 is 0 Å². The van der Waals surface area contributed by atoms with Crippen molar-refractivity contribution >= 4 is 0 Å². The van der Waals surface area contributed by atoms with Gasteiger partial charge in [-0.1, -0.05) is 6.07 Å². The number of aryl methyl sites for hydroxylation is 1. The van der Waals surface area contributed by atoms with Gasteiger partial charge >= 0.3 is 6.18 Å². The first kappa shape index (κ1) is 12.7. The molecule has 0 bridgehead atoms. The number of hydrogen-bond donors (Lipinski definition) is 1. The van der Waals surface area contributed by atoms with Crippen LogP contribution in [0, 0.1) is 6.92 Å². The van der Waals surface area contributed by atoms with Crippen molar-refractivity contribution in [1.82, 2.24) is 0 Å². The maximum atomic E-state index is 12.5. The van der Waals surface area contributed by atoms with Crippen LogP contribution in [-0.4, -0.2) is 0 Å². The van der Waals surface area contributed by atoms with Crippen LogP contribution in [0.15, 0.2) is 34.7 Å². The zero-order valence-corrected chi connectivity index (χ0v) is 9.71. The lowest BCUT2D eigenvalue weighted by atomic mass is 10.0. The van der Waals surface area contributed by atoms with E-state index in [-0.39, 0.29) is 6.54 Å². The van der Waals surface area contributed by atoms with Crippen molar-refractivity contribution in [2.45, 2.75) is 19.6 Å². The van der Waals surface area contributed by atoms with Gasteiger partial charge < -0.3 is 10.2 Å². The molecule has 2 rings (SSSR count). The molecule has 0 spiro atoms. The van der Waals surface area contributed by atoms with E-state index < -0.39 is 11.7 Å². The average Bonchev–Trinajstić information content (AvgIpc) is 2.76. The van der Waals surface area contributed by atoms with Crippen LogP contribution in [0.3, 0.4) is 0 Å². The SMILES string of the molecule is Cc1cc(C(F)(F)F)ccc1-c1ccc(CN)o1. The highest BCUT2D eigenvalue weighted by Gasteiger charge is 2.30. The van der Waals surface area contributed by atoms with Crippen molar-refractivity contribution in [3.05, 3.63) is 47.2 Å². The number of hydrogen-bond acceptors (Lipinski definition) is 2. The Balaban J connectivity index is 2.41. The summed E-state index contributed by atoms with van der Waals surface area (Å²) in [5.74, 6) is 1.13. The number of alkyl halides is 3. The Morgan fingerprint density at radius 3 is 2.39 bits per heavy atom. The van der Waals surface area contributed by atoms with E-state index in [1.54, 1.807) is 19.1 Å². The van der Waals surface area contributed by atoms with E-state index in [1.165, 1.54) is 6.07 Å². The molecular formula is C13H12F3NO. The predicted molar refractivity (Wildman–Crippen MR) is 61.8 cm³/mol. The first-order valence-electron chi connectivity index (χ1n) is 5.39. The van der Waals surface area contributed by atoms with E-state index in [4.69, 9.17) is 10.2 Å². The van der Waals surface area contributed by atoms with Gasteiger partial charge in [0.2, 0.25) is 0 Å². The normalized spacial score (nSPS) is 11.8. The molecule has 0 saturated carbocycles. The lowest BCUT2D eigenvalue weighted by Crippen LogP contribution is -2.05. The number of rotatable bonds is 2. The van der Waals surface area contributed by atoms with Crippen LogP contribution in [-0.2, 0) is 12.7 Å². The fourth-order valence-corrected chi connectivity index (χ4v) is 1.75. The molecule has 2 nitrogen and oxygen atoms in total. The van der Waals surface area contributed by atoms with Crippen molar-refractivity contribution in [3.8, 4) is 11.3 Å². The Labute approximate surface area is 102 Å². The average molecular weight is 255 g/mol. The third kappa shape index (κ3) is 2.41. The summed E-state index contributed by atoms with van der Waals surface area (Å²) < 4.78 is 43.0. The van der Waals surface area contributed by atoms with Gasteiger partial charge in [0, 0.05) is 5.56 Å². The van der Waals surface area contributed by atoms with E-state index in [1.807, 2.05) is 0 Å². The molecule has 1 aromatic carbocycles. The van der Waals surface area contributed by atoms with Crippen LogP contribution in [0.2, 0.25) is 0 Å². The minimum atomic E-state index is -4.32. The molecule has 0 amide bonds. The predicted octanol–water partition coefficient (Wildman–Crippen LogP) is 3.73. The van der Waals surface area contributed by atoms with Gasteiger partial charge in [-0.2, -0.15) is 13.2 Å². The summed E-state index contributed by atoms with van der Waals surface area (Å²) in [6, 6.07) is 6.99. The van der Waals surface area contributed by atoms with E-state index in [0.29, 0.717) is 22.6 Å². The summed E-state index contributed by atoms with van der Waals surface area (Å²) in [4.78, 5) is 0. The number of benzene rings is 1. The Morgan fingerprint density at radius 2 is 1.89 bits per heavy atom. The number of halogens is 3. The van der Waals surface area contributed by atoms with E-state index in [9.17, 15) is 13.2 Å². The summed E-state index contributed by atoms with van der Waals surface area (Å²) in [5, 5.41) is 0. The molecule has 0 fully saturated rings. The Hall–Kier alpha value is -1.75. The summed E-state index contributed by atoms with van der Waals surface area (Å²) in [7, 11) is 0. The fourth-order valence-electron chi connectivity index (χ4n) is 1.75. The highest BCUT2D eigenvalue weighted by molar-refractivity contribution is 5.62. The van der Waals surface area contributed by atoms with Gasteiger partial charge in [0.1, 0.15) is 11.5 Å². The molecule has 0 atom stereocenters. The molecule has 0 aliphatic carbocycles. The van der Waals surface area contributed by atoms with Crippen LogP contribution in [0.5, 0.6) is 0 Å². The topological polar surface area (TPSA) is 39.2 Å². The lowest BCUT2D eigenvalue weighted by Gasteiger charge is -2.09. The van der Waals surface area contributed by atoms with Gasteiger partial charge in [0.25, 0.3) is 0 Å². The van der Waals surface area contributed by atoms with Crippen LogP contribution >= 0.6 is 0 Å². The number of furan rings is 1. The van der Waals surface area contributed by atoms with Crippen LogP contribution in [0.1, 0.15) is 16.9 Å². The quantitative estimate of drug-likeness (QED) is 0.888. The second kappa shape index (κ2) is 4.49. The van der Waals surface area contributed by atoms with Gasteiger partial charge in [0.05, 0.1) is 12.1 Å². The molecule has 2 aromatic rings. The fraction of sp³-hybridized carbons (Fsp3) is 0.231. The van der Waals surface area contributed by atoms with E-state index in [2.05, 4.69) is 0 Å². The second-order valence-corrected chi connectivity index (χ2v) is 4.00. The zero-order valence-electron chi connectivity index (χ0n) is 9.71. The van der Waals surface area contributed by atoms with Crippen molar-refractivity contribution in [3.63, 3.8) is 0 Å². The molecule has 1 heterocycles. The van der Waals surface area contributed by atoms with Crippen molar-refractivity contribution in [2.24, 2.45) is 5.73 Å². The molecule has 0 aliphatic heterocycles. The Bertz CT molecular complexity index is 558. The molecule has 1 aromatic heterocycles. The largest absolute Gasteiger partial charge is 0.460 e. The second-order valence-electron chi connectivity index (χ2n) is 4.00. The van der Waals surface area contributed by atoms with Gasteiger partial charge in [-0.15, -0.1) is 0 Å². The molecule has 2 N–H and O–H groups in total. The molecule has 0 saturated heterocycles. The van der Waals surface area contributed by atoms with Crippen molar-refractivity contribution in [2.75, 3.05) is 0 Å². The van der Waals surface area contributed by atoms with Crippen molar-refractivity contribution < 1.29 is 17.6 Å². The van der Waals surface area contributed by atoms with Gasteiger partial charge in [-0.3, -0.25) is 0 Å². The van der Waals surface area contributed by atoms with Crippen LogP contribution in [0.4, 0.5) is 13.2 Å². The minimum Gasteiger partial charge on any atom is -0.460 e.